The zero-order valence-electron chi connectivity index (χ0n) is 20.8. The van der Waals surface area contributed by atoms with E-state index < -0.39 is 15.8 Å². The van der Waals surface area contributed by atoms with E-state index in [-0.39, 0.29) is 15.5 Å². The number of hydrogen-bond acceptors (Lipinski definition) is 2. The van der Waals surface area contributed by atoms with Crippen molar-refractivity contribution in [1.29, 1.82) is 0 Å². The van der Waals surface area contributed by atoms with Crippen molar-refractivity contribution in [3.63, 3.8) is 0 Å². The molecule has 0 aliphatic carbocycles. The molecule has 0 aliphatic heterocycles. The highest BCUT2D eigenvalue weighted by Gasteiger charge is 2.42. The molecular weight excluding hydrogens is 390 g/mol. The smallest absolute Gasteiger partial charge is 0.0907 e. The Morgan fingerprint density at radius 2 is 1.10 bits per heavy atom. The van der Waals surface area contributed by atoms with Crippen LogP contribution in [0.15, 0.2) is 24.3 Å². The van der Waals surface area contributed by atoms with Gasteiger partial charge in [0.2, 0.25) is 0 Å². The van der Waals surface area contributed by atoms with Crippen molar-refractivity contribution in [2.24, 2.45) is 5.41 Å². The van der Waals surface area contributed by atoms with Crippen molar-refractivity contribution < 1.29 is 0 Å². The van der Waals surface area contributed by atoms with Gasteiger partial charge < -0.3 is 0 Å². The van der Waals surface area contributed by atoms with Gasteiger partial charge in [0, 0.05) is 0 Å². The number of nitrogens with zero attached hydrogens (tertiary/aromatic N) is 2. The van der Waals surface area contributed by atoms with Crippen LogP contribution in [0.3, 0.4) is 0 Å². The minimum Gasteiger partial charge on any atom is -0.244 e. The molecule has 0 unspecified atom stereocenters. The molecule has 0 N–H and O–H groups in total. The number of para-hydroxylation sites is 2. The molecule has 4 heteroatoms. The number of benzene rings is 1. The minimum atomic E-state index is -0.502. The van der Waals surface area contributed by atoms with Gasteiger partial charge in [-0.15, -0.1) is 0 Å². The van der Waals surface area contributed by atoms with Crippen LogP contribution in [0.5, 0.6) is 0 Å². The predicted octanol–water partition coefficient (Wildman–Crippen LogP) is 7.29. The Balaban J connectivity index is 2.78. The molecule has 2 rings (SSSR count). The molecule has 1 heterocycles. The summed E-state index contributed by atoms with van der Waals surface area (Å²) >= 11 is 0. The van der Waals surface area contributed by atoms with E-state index in [0.717, 1.165) is 11.0 Å². The van der Waals surface area contributed by atoms with Gasteiger partial charge >= 0.3 is 0 Å². The molecular formula is C25H42N2P2. The molecule has 162 valence electrons. The van der Waals surface area contributed by atoms with Crippen molar-refractivity contribution in [3.8, 4) is 0 Å². The van der Waals surface area contributed by atoms with E-state index in [1.54, 1.807) is 0 Å². The van der Waals surface area contributed by atoms with Gasteiger partial charge in [-0.25, -0.2) is 9.97 Å². The van der Waals surface area contributed by atoms with Crippen LogP contribution in [0, 0.1) is 5.41 Å². The van der Waals surface area contributed by atoms with Crippen LogP contribution in [0.25, 0.3) is 11.0 Å². The number of aromatic nitrogens is 2. The second-order valence-corrected chi connectivity index (χ2v) is 18.7. The average Bonchev–Trinajstić information content (AvgIpc) is 2.48. The summed E-state index contributed by atoms with van der Waals surface area (Å²) in [5, 5.41) is 0.546. The normalized spacial score (nSPS) is 15.2. The van der Waals surface area contributed by atoms with Crippen LogP contribution in [-0.4, -0.2) is 32.1 Å². The summed E-state index contributed by atoms with van der Waals surface area (Å²) in [6, 6.07) is 8.39. The van der Waals surface area contributed by atoms with Crippen LogP contribution in [0.1, 0.15) is 82.6 Å². The molecule has 0 spiro atoms. The third-order valence-electron chi connectivity index (χ3n) is 5.28. The highest BCUT2D eigenvalue weighted by atomic mass is 31.1. The van der Waals surface area contributed by atoms with Crippen LogP contribution in [0.4, 0.5) is 0 Å². The summed E-state index contributed by atoms with van der Waals surface area (Å²) in [6.45, 7) is 28.6. The fourth-order valence-corrected chi connectivity index (χ4v) is 11.1. The van der Waals surface area contributed by atoms with Gasteiger partial charge in [0.15, 0.2) is 0 Å². The fraction of sp³-hybridized carbons (Fsp3) is 0.680. The minimum absolute atomic E-state index is 0.170. The largest absolute Gasteiger partial charge is 0.244 e. The predicted molar refractivity (Wildman–Crippen MR) is 136 cm³/mol. The first-order valence-electron chi connectivity index (χ1n) is 10.7. The topological polar surface area (TPSA) is 25.8 Å². The molecule has 0 aliphatic rings. The molecule has 0 fully saturated rings. The second kappa shape index (κ2) is 8.16. The first kappa shape index (κ1) is 24.7. The lowest BCUT2D eigenvalue weighted by atomic mass is 9.86. The maximum Gasteiger partial charge on any atom is 0.0907 e. The van der Waals surface area contributed by atoms with E-state index in [1.165, 1.54) is 17.3 Å². The van der Waals surface area contributed by atoms with Crippen LogP contribution in [-0.2, 0) is 0 Å². The van der Waals surface area contributed by atoms with Crippen molar-refractivity contribution in [2.75, 3.05) is 6.66 Å². The lowest BCUT2D eigenvalue weighted by Crippen LogP contribution is -2.42. The SMILES string of the molecule is C[P@](c1nc2ccccc2nc1P(C(C)(C)C)C(C)(C)C)C(C)(C)CC(C)(C)C. The summed E-state index contributed by atoms with van der Waals surface area (Å²) in [5.74, 6) is 0. The Bertz CT molecular complexity index is 838. The highest BCUT2D eigenvalue weighted by molar-refractivity contribution is 7.73. The lowest BCUT2D eigenvalue weighted by molar-refractivity contribution is 0.337. The summed E-state index contributed by atoms with van der Waals surface area (Å²) in [7, 11) is -0.963. The van der Waals surface area contributed by atoms with Gasteiger partial charge in [0.1, 0.15) is 0 Å². The maximum atomic E-state index is 5.32. The second-order valence-electron chi connectivity index (χ2n) is 12.1. The maximum absolute atomic E-state index is 5.32. The zero-order chi connectivity index (χ0) is 22.4. The summed E-state index contributed by atoms with van der Waals surface area (Å²) in [4.78, 5) is 10.6. The summed E-state index contributed by atoms with van der Waals surface area (Å²) in [6.07, 6.45) is 1.18. The first-order chi connectivity index (χ1) is 12.9. The molecule has 0 radical (unpaired) electrons. The van der Waals surface area contributed by atoms with E-state index in [1.807, 2.05) is 0 Å². The van der Waals surface area contributed by atoms with E-state index >= 15 is 0 Å². The lowest BCUT2D eigenvalue weighted by Gasteiger charge is -2.43. The molecule has 0 saturated heterocycles. The van der Waals surface area contributed by atoms with Gasteiger partial charge in [-0.1, -0.05) is 88.3 Å². The van der Waals surface area contributed by atoms with E-state index in [2.05, 4.69) is 107 Å². The van der Waals surface area contributed by atoms with Gasteiger partial charge in [-0.3, -0.25) is 0 Å². The van der Waals surface area contributed by atoms with Gasteiger partial charge in [-0.2, -0.15) is 0 Å². The number of hydrogen-bond donors (Lipinski definition) is 0. The van der Waals surface area contributed by atoms with E-state index in [0.29, 0.717) is 5.41 Å². The van der Waals surface area contributed by atoms with E-state index in [4.69, 9.17) is 9.97 Å². The third-order valence-corrected chi connectivity index (χ3v) is 11.8. The Morgan fingerprint density at radius 1 is 0.690 bits per heavy atom. The monoisotopic (exact) mass is 432 g/mol. The molecule has 2 nitrogen and oxygen atoms in total. The standard InChI is InChI=1S/C25H42N2P2/c1-22(2,3)17-25(10,11)28(12)20-21(29(23(4,5)6)24(7,8)9)27-19-16-14-13-15-18(19)26-20/h13-16H,17H2,1-12H3/t28-/m1/s1. The Kier molecular flexibility index (Phi) is 6.95. The first-order valence-corrected chi connectivity index (χ1v) is 13.9. The Hall–Kier alpha value is -0.580. The summed E-state index contributed by atoms with van der Waals surface area (Å²) in [5.41, 5.74) is 4.93. The van der Waals surface area contributed by atoms with Crippen molar-refractivity contribution in [2.45, 2.75) is 98.1 Å². The molecule has 29 heavy (non-hydrogen) atoms. The molecule has 2 aromatic rings. The molecule has 0 amide bonds. The van der Waals surface area contributed by atoms with Crippen molar-refractivity contribution >= 4 is 37.7 Å². The Labute approximate surface area is 182 Å². The number of fused-ring (bicyclic) bond motifs is 1. The van der Waals surface area contributed by atoms with Gasteiger partial charge in [-0.05, 0) is 61.9 Å². The van der Waals surface area contributed by atoms with Crippen LogP contribution >= 0.6 is 15.8 Å². The van der Waals surface area contributed by atoms with E-state index in [9.17, 15) is 0 Å². The highest BCUT2D eigenvalue weighted by Crippen LogP contribution is 2.59. The Morgan fingerprint density at radius 3 is 1.48 bits per heavy atom. The van der Waals surface area contributed by atoms with Crippen LogP contribution < -0.4 is 10.9 Å². The average molecular weight is 433 g/mol. The molecule has 0 saturated carbocycles. The van der Waals surface area contributed by atoms with Gasteiger partial charge in [0.05, 0.1) is 21.9 Å². The molecule has 1 aromatic carbocycles. The molecule has 0 bridgehead atoms. The molecule has 1 atom stereocenters. The van der Waals surface area contributed by atoms with Gasteiger partial charge in [0.25, 0.3) is 0 Å². The van der Waals surface area contributed by atoms with Crippen molar-refractivity contribution in [3.05, 3.63) is 24.3 Å². The van der Waals surface area contributed by atoms with Crippen molar-refractivity contribution in [1.82, 2.24) is 9.97 Å². The zero-order valence-corrected chi connectivity index (χ0v) is 22.6. The molecule has 1 aromatic heterocycles. The van der Waals surface area contributed by atoms with Crippen LogP contribution in [0.2, 0.25) is 0 Å². The third kappa shape index (κ3) is 5.98. The number of rotatable bonds is 4. The fourth-order valence-electron chi connectivity index (χ4n) is 4.70. The quantitative estimate of drug-likeness (QED) is 0.474. The summed E-state index contributed by atoms with van der Waals surface area (Å²) < 4.78 is 0.